The van der Waals surface area contributed by atoms with Gasteiger partial charge in [0.15, 0.2) is 0 Å². The van der Waals surface area contributed by atoms with Gasteiger partial charge in [0.25, 0.3) is 5.91 Å². The van der Waals surface area contributed by atoms with Crippen LogP contribution in [0.4, 0.5) is 13.2 Å². The molecular weight excluding hydrogens is 281 g/mol. The van der Waals surface area contributed by atoms with Crippen LogP contribution in [0.5, 0.6) is 0 Å². The molecule has 0 saturated carbocycles. The van der Waals surface area contributed by atoms with Crippen molar-refractivity contribution in [2.45, 2.75) is 12.7 Å². The van der Waals surface area contributed by atoms with E-state index in [0.29, 0.717) is 4.90 Å². The lowest BCUT2D eigenvalue weighted by Gasteiger charge is -2.22. The number of hydrogen-bond donors (Lipinski definition) is 0. The van der Waals surface area contributed by atoms with Gasteiger partial charge in [-0.05, 0) is 12.1 Å². The predicted molar refractivity (Wildman–Crippen MR) is 61.6 cm³/mol. The normalized spacial score (nSPS) is 11.5. The van der Waals surface area contributed by atoms with Gasteiger partial charge < -0.3 is 9.32 Å². The van der Waals surface area contributed by atoms with E-state index in [9.17, 15) is 18.0 Å². The van der Waals surface area contributed by atoms with Gasteiger partial charge in [0.1, 0.15) is 18.0 Å². The first-order valence-corrected chi connectivity index (χ1v) is 6.16. The third kappa shape index (κ3) is 3.82. The number of rotatable bonds is 4. The van der Waals surface area contributed by atoms with E-state index in [4.69, 9.17) is 4.42 Å². The van der Waals surface area contributed by atoms with Gasteiger partial charge in [0.2, 0.25) is 0 Å². The number of carbonyl (C=O) groups is 1. The SMILES string of the molecule is O=C(c1cscn1)N(Cc1ccco1)CC(F)(F)F. The van der Waals surface area contributed by atoms with Crippen molar-refractivity contribution in [1.82, 2.24) is 9.88 Å². The Labute approximate surface area is 110 Å². The molecule has 0 saturated heterocycles. The summed E-state index contributed by atoms with van der Waals surface area (Å²) in [5.41, 5.74) is 1.40. The zero-order chi connectivity index (χ0) is 13.9. The van der Waals surface area contributed by atoms with Gasteiger partial charge in [-0.2, -0.15) is 13.2 Å². The van der Waals surface area contributed by atoms with Crippen LogP contribution in [0.2, 0.25) is 0 Å². The van der Waals surface area contributed by atoms with Crippen molar-refractivity contribution >= 4 is 17.2 Å². The van der Waals surface area contributed by atoms with Gasteiger partial charge in [-0.15, -0.1) is 11.3 Å². The Morgan fingerprint density at radius 2 is 2.26 bits per heavy atom. The maximum atomic E-state index is 12.5. The smallest absolute Gasteiger partial charge is 0.406 e. The summed E-state index contributed by atoms with van der Waals surface area (Å²) in [7, 11) is 0. The number of amides is 1. The zero-order valence-corrected chi connectivity index (χ0v) is 10.4. The van der Waals surface area contributed by atoms with Crippen LogP contribution >= 0.6 is 11.3 Å². The molecule has 0 unspecified atom stereocenters. The summed E-state index contributed by atoms with van der Waals surface area (Å²) in [6, 6.07) is 3.06. The summed E-state index contributed by atoms with van der Waals surface area (Å²) < 4.78 is 42.4. The highest BCUT2D eigenvalue weighted by molar-refractivity contribution is 7.07. The molecule has 2 rings (SSSR count). The van der Waals surface area contributed by atoms with E-state index in [1.54, 1.807) is 6.07 Å². The fraction of sp³-hybridized carbons (Fsp3) is 0.273. The first-order valence-electron chi connectivity index (χ1n) is 5.22. The molecule has 19 heavy (non-hydrogen) atoms. The quantitative estimate of drug-likeness (QED) is 0.869. The molecule has 0 atom stereocenters. The molecule has 1 amide bonds. The summed E-state index contributed by atoms with van der Waals surface area (Å²) in [5, 5.41) is 1.41. The van der Waals surface area contributed by atoms with Crippen LogP contribution in [0, 0.1) is 0 Å². The van der Waals surface area contributed by atoms with Crippen LogP contribution in [0.25, 0.3) is 0 Å². The predicted octanol–water partition coefficient (Wildman–Crippen LogP) is 2.94. The molecule has 102 valence electrons. The fourth-order valence-corrected chi connectivity index (χ4v) is 2.01. The van der Waals surface area contributed by atoms with Crippen molar-refractivity contribution in [1.29, 1.82) is 0 Å². The molecule has 0 N–H and O–H groups in total. The second-order valence-electron chi connectivity index (χ2n) is 3.73. The Morgan fingerprint density at radius 1 is 1.47 bits per heavy atom. The van der Waals surface area contributed by atoms with E-state index >= 15 is 0 Å². The van der Waals surface area contributed by atoms with Crippen molar-refractivity contribution in [3.8, 4) is 0 Å². The molecule has 0 aliphatic rings. The minimum atomic E-state index is -4.47. The summed E-state index contributed by atoms with van der Waals surface area (Å²) in [4.78, 5) is 16.3. The third-order valence-electron chi connectivity index (χ3n) is 2.24. The Bertz CT molecular complexity index is 523. The number of carbonyl (C=O) groups excluding carboxylic acids is 1. The molecule has 0 aliphatic heterocycles. The number of nitrogens with zero attached hydrogens (tertiary/aromatic N) is 2. The lowest BCUT2D eigenvalue weighted by atomic mass is 10.3. The Kier molecular flexibility index (Phi) is 3.89. The average Bonchev–Trinajstić information content (AvgIpc) is 2.98. The average molecular weight is 290 g/mol. The molecule has 8 heteroatoms. The van der Waals surface area contributed by atoms with Gasteiger partial charge >= 0.3 is 6.18 Å². The number of hydrogen-bond acceptors (Lipinski definition) is 4. The van der Waals surface area contributed by atoms with Gasteiger partial charge in [-0.1, -0.05) is 0 Å². The zero-order valence-electron chi connectivity index (χ0n) is 9.55. The largest absolute Gasteiger partial charge is 0.467 e. The molecule has 2 heterocycles. The van der Waals surface area contributed by atoms with Crippen LogP contribution < -0.4 is 0 Å². The second-order valence-corrected chi connectivity index (χ2v) is 4.45. The Hall–Kier alpha value is -1.83. The topological polar surface area (TPSA) is 46.3 Å². The van der Waals surface area contributed by atoms with Gasteiger partial charge in [-0.3, -0.25) is 4.79 Å². The third-order valence-corrected chi connectivity index (χ3v) is 2.82. The van der Waals surface area contributed by atoms with Crippen molar-refractivity contribution in [3.63, 3.8) is 0 Å². The second kappa shape index (κ2) is 5.43. The van der Waals surface area contributed by atoms with E-state index in [-0.39, 0.29) is 18.0 Å². The lowest BCUT2D eigenvalue weighted by Crippen LogP contribution is -2.38. The van der Waals surface area contributed by atoms with Crippen LogP contribution in [0.3, 0.4) is 0 Å². The monoisotopic (exact) mass is 290 g/mol. The summed E-state index contributed by atoms with van der Waals surface area (Å²) in [6.45, 7) is -1.59. The van der Waals surface area contributed by atoms with E-state index < -0.39 is 18.6 Å². The van der Waals surface area contributed by atoms with E-state index in [2.05, 4.69) is 4.98 Å². The fourth-order valence-electron chi connectivity index (χ4n) is 1.49. The first kappa shape index (κ1) is 13.6. The molecule has 0 aliphatic carbocycles. The minimum Gasteiger partial charge on any atom is -0.467 e. The van der Waals surface area contributed by atoms with Crippen LogP contribution in [-0.4, -0.2) is 28.5 Å². The van der Waals surface area contributed by atoms with Crippen LogP contribution in [0.1, 0.15) is 16.2 Å². The molecule has 2 aromatic rings. The van der Waals surface area contributed by atoms with Crippen molar-refractivity contribution in [2.75, 3.05) is 6.54 Å². The number of aromatic nitrogens is 1. The number of furan rings is 1. The van der Waals surface area contributed by atoms with E-state index in [1.807, 2.05) is 0 Å². The maximum Gasteiger partial charge on any atom is 0.406 e. The van der Waals surface area contributed by atoms with Gasteiger partial charge in [0, 0.05) is 5.38 Å². The summed E-state index contributed by atoms with van der Waals surface area (Å²) >= 11 is 1.15. The standard InChI is InChI=1S/C11H9F3N2O2S/c12-11(13,14)6-16(4-8-2-1-3-18-8)10(17)9-5-19-7-15-9/h1-3,5,7H,4,6H2. The number of alkyl halides is 3. The molecule has 4 nitrogen and oxygen atoms in total. The lowest BCUT2D eigenvalue weighted by molar-refractivity contribution is -0.142. The molecule has 2 aromatic heterocycles. The maximum absolute atomic E-state index is 12.5. The molecule has 0 fully saturated rings. The highest BCUT2D eigenvalue weighted by Gasteiger charge is 2.34. The molecule has 0 aromatic carbocycles. The van der Waals surface area contributed by atoms with E-state index in [0.717, 1.165) is 11.3 Å². The summed E-state index contributed by atoms with van der Waals surface area (Å²) in [6.07, 6.45) is -3.13. The number of thiazole rings is 1. The highest BCUT2D eigenvalue weighted by Crippen LogP contribution is 2.20. The minimum absolute atomic E-state index is 0.000746. The van der Waals surface area contributed by atoms with Gasteiger partial charge in [0.05, 0.1) is 18.3 Å². The van der Waals surface area contributed by atoms with Crippen molar-refractivity contribution in [2.24, 2.45) is 0 Å². The van der Waals surface area contributed by atoms with Crippen molar-refractivity contribution < 1.29 is 22.4 Å². The Morgan fingerprint density at radius 3 is 2.79 bits per heavy atom. The van der Waals surface area contributed by atoms with Crippen LogP contribution in [0.15, 0.2) is 33.7 Å². The van der Waals surface area contributed by atoms with Crippen LogP contribution in [-0.2, 0) is 6.54 Å². The first-order chi connectivity index (χ1) is 8.96. The van der Waals surface area contributed by atoms with Crippen molar-refractivity contribution in [3.05, 3.63) is 40.7 Å². The molecule has 0 bridgehead atoms. The van der Waals surface area contributed by atoms with E-state index in [1.165, 1.54) is 23.2 Å². The number of halogens is 3. The molecule has 0 radical (unpaired) electrons. The Balaban J connectivity index is 2.16. The highest BCUT2D eigenvalue weighted by atomic mass is 32.1. The summed E-state index contributed by atoms with van der Waals surface area (Å²) in [5.74, 6) is -0.484. The molecular formula is C11H9F3N2O2S. The van der Waals surface area contributed by atoms with Gasteiger partial charge in [-0.25, -0.2) is 4.98 Å². The molecule has 0 spiro atoms.